The molecule has 3 aliphatic rings. The summed E-state index contributed by atoms with van der Waals surface area (Å²) in [4.78, 5) is 28.2. The van der Waals surface area contributed by atoms with Crippen LogP contribution in [0.2, 0.25) is 0 Å². The average Bonchev–Trinajstić information content (AvgIpc) is 2.97. The van der Waals surface area contributed by atoms with E-state index in [4.69, 9.17) is 9.47 Å². The second kappa shape index (κ2) is 6.95. The van der Waals surface area contributed by atoms with Gasteiger partial charge in [-0.25, -0.2) is 9.59 Å². The Labute approximate surface area is 141 Å². The van der Waals surface area contributed by atoms with Gasteiger partial charge < -0.3 is 9.47 Å². The van der Waals surface area contributed by atoms with Gasteiger partial charge in [0.25, 0.3) is 0 Å². The summed E-state index contributed by atoms with van der Waals surface area (Å²) < 4.78 is 10.4. The van der Waals surface area contributed by atoms with Crippen molar-refractivity contribution in [3.8, 4) is 0 Å². The first-order valence-electron chi connectivity index (χ1n) is 8.29. The maximum Gasteiger partial charge on any atom is 0.414 e. The van der Waals surface area contributed by atoms with Gasteiger partial charge in [0.05, 0.1) is 31.3 Å². The summed E-state index contributed by atoms with van der Waals surface area (Å²) in [5.74, 6) is -0.0301. The second-order valence-electron chi connectivity index (χ2n) is 5.76. The molecule has 6 heteroatoms. The molecule has 3 heterocycles. The molecule has 0 aromatic rings. The summed E-state index contributed by atoms with van der Waals surface area (Å²) in [6.45, 7) is 4.17. The van der Waals surface area contributed by atoms with Crippen LogP contribution in [0.1, 0.15) is 13.8 Å². The molecule has 0 N–H and O–H groups in total. The highest BCUT2D eigenvalue weighted by Gasteiger charge is 2.43. The maximum absolute atomic E-state index is 12.6. The van der Waals surface area contributed by atoms with E-state index in [9.17, 15) is 9.59 Å². The van der Waals surface area contributed by atoms with Gasteiger partial charge in [-0.2, -0.15) is 0 Å². The van der Waals surface area contributed by atoms with E-state index in [1.807, 2.05) is 42.5 Å². The van der Waals surface area contributed by atoms with Gasteiger partial charge in [-0.15, -0.1) is 0 Å². The van der Waals surface area contributed by atoms with Gasteiger partial charge in [-0.1, -0.05) is 42.5 Å². The highest BCUT2D eigenvalue weighted by atomic mass is 16.6. The zero-order valence-electron chi connectivity index (χ0n) is 13.9. The zero-order valence-corrected chi connectivity index (χ0v) is 13.9. The Hall–Kier alpha value is -2.50. The van der Waals surface area contributed by atoms with E-state index in [1.165, 1.54) is 0 Å². The minimum atomic E-state index is -0.420. The first kappa shape index (κ1) is 16.4. The van der Waals surface area contributed by atoms with Crippen LogP contribution >= 0.6 is 0 Å². The van der Waals surface area contributed by atoms with Gasteiger partial charge in [-0.3, -0.25) is 9.80 Å². The van der Waals surface area contributed by atoms with E-state index in [-0.39, 0.29) is 30.1 Å². The number of carbonyl (C=O) groups excluding carboxylic acids is 2. The highest BCUT2D eigenvalue weighted by molar-refractivity contribution is 5.73. The maximum atomic E-state index is 12.6. The molecule has 0 unspecified atom stereocenters. The summed E-state index contributed by atoms with van der Waals surface area (Å²) in [5.41, 5.74) is 0. The third-order valence-electron chi connectivity index (χ3n) is 4.39. The Morgan fingerprint density at radius 1 is 0.833 bits per heavy atom. The molecule has 6 nitrogen and oxygen atoms in total. The van der Waals surface area contributed by atoms with Crippen LogP contribution < -0.4 is 0 Å². The van der Waals surface area contributed by atoms with Gasteiger partial charge >= 0.3 is 12.2 Å². The molecule has 0 saturated heterocycles. The standard InChI is InChI=1S/C18H22N2O4/c1-3-23-17(21)19-12-11-13-9-10-15(19)16-8-6-5-7-14(13)20(16)18(22)24-4-2/h5-16H,3-4H2,1-2H3/t13-,14+,15-,16+/m1/s1. The zero-order chi connectivity index (χ0) is 17.1. The van der Waals surface area contributed by atoms with Gasteiger partial charge in [0.2, 0.25) is 0 Å². The Bertz CT molecular complexity index is 623. The van der Waals surface area contributed by atoms with E-state index in [0.717, 1.165) is 0 Å². The minimum absolute atomic E-state index is 0.0301. The van der Waals surface area contributed by atoms with Crippen molar-refractivity contribution in [1.29, 1.82) is 0 Å². The van der Waals surface area contributed by atoms with E-state index in [1.54, 1.807) is 29.8 Å². The number of rotatable bonds is 2. The van der Waals surface area contributed by atoms with Crippen molar-refractivity contribution in [3.05, 3.63) is 48.7 Å². The normalized spacial score (nSPS) is 29.9. The van der Waals surface area contributed by atoms with E-state index in [0.29, 0.717) is 13.2 Å². The predicted molar refractivity (Wildman–Crippen MR) is 89.1 cm³/mol. The minimum Gasteiger partial charge on any atom is -0.450 e. The number of hydrogen-bond donors (Lipinski definition) is 0. The van der Waals surface area contributed by atoms with Crippen molar-refractivity contribution >= 4 is 12.2 Å². The van der Waals surface area contributed by atoms with Gasteiger partial charge in [0, 0.05) is 12.1 Å². The Kier molecular flexibility index (Phi) is 4.74. The van der Waals surface area contributed by atoms with Gasteiger partial charge in [-0.05, 0) is 13.8 Å². The SMILES string of the molecule is CCOC(=O)N1C=C[C@H]2C=C[C@@H]1[C@@H]1C=CC=C[C@@H]2N1C(=O)OCC. The number of carbonyl (C=O) groups is 2. The number of ether oxygens (including phenoxy) is 2. The molecule has 0 saturated carbocycles. The third kappa shape index (κ3) is 2.84. The summed E-state index contributed by atoms with van der Waals surface area (Å²) >= 11 is 0. The fourth-order valence-corrected chi connectivity index (χ4v) is 3.35. The molecule has 0 spiro atoms. The van der Waals surface area contributed by atoms with Crippen molar-refractivity contribution in [1.82, 2.24) is 9.80 Å². The lowest BCUT2D eigenvalue weighted by atomic mass is 9.97. The molecular formula is C18H22N2O4. The topological polar surface area (TPSA) is 59.1 Å². The molecule has 3 aliphatic heterocycles. The molecule has 0 aromatic heterocycles. The summed E-state index contributed by atoms with van der Waals surface area (Å²) in [5, 5.41) is 0. The second-order valence-corrected chi connectivity index (χ2v) is 5.76. The molecule has 0 aromatic carbocycles. The van der Waals surface area contributed by atoms with Crippen LogP contribution in [-0.4, -0.2) is 53.3 Å². The lowest BCUT2D eigenvalue weighted by Gasteiger charge is -2.41. The fourth-order valence-electron chi connectivity index (χ4n) is 3.35. The largest absolute Gasteiger partial charge is 0.450 e. The number of fused-ring (bicyclic) bond motifs is 6. The van der Waals surface area contributed by atoms with Crippen LogP contribution in [0.5, 0.6) is 0 Å². The molecule has 128 valence electrons. The van der Waals surface area contributed by atoms with Crippen LogP contribution in [-0.2, 0) is 9.47 Å². The molecule has 24 heavy (non-hydrogen) atoms. The smallest absolute Gasteiger partial charge is 0.414 e. The molecule has 0 fully saturated rings. The van der Waals surface area contributed by atoms with Crippen molar-refractivity contribution in [2.75, 3.05) is 13.2 Å². The highest BCUT2D eigenvalue weighted by Crippen LogP contribution is 2.33. The van der Waals surface area contributed by atoms with Crippen LogP contribution in [0, 0.1) is 5.92 Å². The molecule has 0 radical (unpaired) electrons. The number of hydrogen-bond acceptors (Lipinski definition) is 4. The Morgan fingerprint density at radius 2 is 1.50 bits per heavy atom. The average molecular weight is 330 g/mol. The Morgan fingerprint density at radius 3 is 2.21 bits per heavy atom. The number of amides is 2. The van der Waals surface area contributed by atoms with Crippen LogP contribution in [0.15, 0.2) is 48.7 Å². The van der Waals surface area contributed by atoms with Crippen LogP contribution in [0.25, 0.3) is 0 Å². The molecular weight excluding hydrogens is 308 g/mol. The quantitative estimate of drug-likeness (QED) is 0.731. The van der Waals surface area contributed by atoms with Crippen molar-refractivity contribution < 1.29 is 19.1 Å². The number of nitrogens with zero attached hydrogens (tertiary/aromatic N) is 2. The van der Waals surface area contributed by atoms with E-state index < -0.39 is 6.09 Å². The molecule has 4 atom stereocenters. The monoisotopic (exact) mass is 330 g/mol. The van der Waals surface area contributed by atoms with Crippen molar-refractivity contribution in [3.63, 3.8) is 0 Å². The molecule has 0 aliphatic carbocycles. The Balaban J connectivity index is 2.03. The number of allylic oxidation sites excluding steroid dienone is 2. The van der Waals surface area contributed by atoms with Gasteiger partial charge in [0.15, 0.2) is 0 Å². The van der Waals surface area contributed by atoms with E-state index >= 15 is 0 Å². The van der Waals surface area contributed by atoms with Crippen LogP contribution in [0.3, 0.4) is 0 Å². The lowest BCUT2D eigenvalue weighted by Crippen LogP contribution is -2.56. The summed E-state index contributed by atoms with van der Waals surface area (Å²) in [6, 6.07) is -0.804. The summed E-state index contributed by atoms with van der Waals surface area (Å²) in [6.07, 6.45) is 14.7. The molecule has 2 amide bonds. The molecule has 3 rings (SSSR count). The van der Waals surface area contributed by atoms with Crippen molar-refractivity contribution in [2.45, 2.75) is 32.0 Å². The molecule has 4 bridgehead atoms. The van der Waals surface area contributed by atoms with Crippen molar-refractivity contribution in [2.24, 2.45) is 5.92 Å². The fraction of sp³-hybridized carbons (Fsp3) is 0.444. The van der Waals surface area contributed by atoms with Gasteiger partial charge in [0.1, 0.15) is 0 Å². The summed E-state index contributed by atoms with van der Waals surface area (Å²) in [7, 11) is 0. The third-order valence-corrected chi connectivity index (χ3v) is 4.39. The van der Waals surface area contributed by atoms with E-state index in [2.05, 4.69) is 0 Å². The van der Waals surface area contributed by atoms with Crippen LogP contribution in [0.4, 0.5) is 9.59 Å². The predicted octanol–water partition coefficient (Wildman–Crippen LogP) is 2.85. The first-order valence-corrected chi connectivity index (χ1v) is 8.29. The first-order chi connectivity index (χ1) is 11.7. The lowest BCUT2D eigenvalue weighted by molar-refractivity contribution is 0.0618.